The van der Waals surface area contributed by atoms with Gasteiger partial charge in [0, 0.05) is 29.0 Å². The topological polar surface area (TPSA) is 28.7 Å². The van der Waals surface area contributed by atoms with Crippen LogP contribution in [0, 0.1) is 11.8 Å². The van der Waals surface area contributed by atoms with Gasteiger partial charge < -0.3 is 4.98 Å². The fraction of sp³-hybridized carbons (Fsp3) is 0.429. The van der Waals surface area contributed by atoms with E-state index in [0.717, 1.165) is 6.42 Å². The van der Waals surface area contributed by atoms with Crippen LogP contribution in [0.2, 0.25) is 0 Å². The molecule has 2 rings (SSSR count). The second-order valence-corrected chi connectivity index (χ2v) is 4.98. The predicted octanol–water partition coefficient (Wildman–Crippen LogP) is 3.75. The number of nitrogens with zero attached hydrogens (tertiary/aromatic N) is 1. The summed E-state index contributed by atoms with van der Waals surface area (Å²) in [5, 5.41) is 1.21. The Morgan fingerprint density at radius 2 is 2.25 bits per heavy atom. The van der Waals surface area contributed by atoms with Crippen molar-refractivity contribution in [3.63, 3.8) is 0 Å². The molecule has 1 N–H and O–H groups in total. The molecule has 0 aliphatic heterocycles. The molecule has 0 amide bonds. The zero-order chi connectivity index (χ0) is 11.5. The van der Waals surface area contributed by atoms with Gasteiger partial charge in [-0.25, -0.2) is 0 Å². The maximum Gasteiger partial charge on any atom is 0.0487 e. The van der Waals surface area contributed by atoms with Crippen molar-refractivity contribution in [1.29, 1.82) is 0 Å². The molecule has 1 radical (unpaired) electrons. The lowest BCUT2D eigenvalue weighted by Gasteiger charge is -2.12. The highest BCUT2D eigenvalue weighted by Gasteiger charge is 2.08. The second-order valence-electron chi connectivity index (χ2n) is 4.98. The highest BCUT2D eigenvalue weighted by molar-refractivity contribution is 5.79. The van der Waals surface area contributed by atoms with Gasteiger partial charge in [0.1, 0.15) is 0 Å². The lowest BCUT2D eigenvalue weighted by Crippen LogP contribution is -2.02. The maximum atomic E-state index is 4.13. The van der Waals surface area contributed by atoms with Crippen LogP contribution < -0.4 is 0 Å². The summed E-state index contributed by atoms with van der Waals surface area (Å²) < 4.78 is 0. The number of fused-ring (bicyclic) bond motifs is 1. The smallest absolute Gasteiger partial charge is 0.0487 e. The third kappa shape index (κ3) is 2.63. The molecule has 0 aromatic carbocycles. The van der Waals surface area contributed by atoms with Crippen LogP contribution in [0.25, 0.3) is 10.9 Å². The minimum atomic E-state index is 0.700. The van der Waals surface area contributed by atoms with Gasteiger partial charge >= 0.3 is 0 Å². The molecule has 2 aromatic rings. The normalized spacial score (nSPS) is 13.5. The van der Waals surface area contributed by atoms with Gasteiger partial charge in [0.2, 0.25) is 0 Å². The van der Waals surface area contributed by atoms with Crippen LogP contribution in [0.15, 0.2) is 24.5 Å². The monoisotopic (exact) mass is 215 g/mol. The van der Waals surface area contributed by atoms with E-state index in [1.54, 1.807) is 0 Å². The third-order valence-electron chi connectivity index (χ3n) is 2.80. The predicted molar refractivity (Wildman–Crippen MR) is 68.2 cm³/mol. The summed E-state index contributed by atoms with van der Waals surface area (Å²) in [6.45, 7) is 6.70. The van der Waals surface area contributed by atoms with Crippen LogP contribution in [0.3, 0.4) is 0 Å². The standard InChI is InChI=1S/C14H19N2/c1-10(2)6-11(3)7-13-8-12-9-15-5-4-14(12)16-13/h4-5,8-9,11,16H,6-7H2,1-3H3. The van der Waals surface area contributed by atoms with Crippen LogP contribution in [-0.2, 0) is 6.42 Å². The van der Waals surface area contributed by atoms with Crippen LogP contribution in [-0.4, -0.2) is 9.97 Å². The number of pyridine rings is 1. The van der Waals surface area contributed by atoms with Crippen LogP contribution in [0.5, 0.6) is 0 Å². The molecular formula is C14H19N2. The quantitative estimate of drug-likeness (QED) is 0.826. The molecule has 2 aromatic heterocycles. The molecule has 0 saturated carbocycles. The molecule has 0 spiro atoms. The van der Waals surface area contributed by atoms with Crippen LogP contribution in [0.1, 0.15) is 32.9 Å². The second kappa shape index (κ2) is 4.69. The molecular weight excluding hydrogens is 196 g/mol. The Hall–Kier alpha value is -1.31. The number of nitrogens with one attached hydrogen (secondary N) is 1. The van der Waals surface area contributed by atoms with E-state index in [1.165, 1.54) is 28.9 Å². The van der Waals surface area contributed by atoms with Crippen molar-refractivity contribution in [2.24, 2.45) is 5.92 Å². The van der Waals surface area contributed by atoms with E-state index in [-0.39, 0.29) is 0 Å². The van der Waals surface area contributed by atoms with E-state index in [9.17, 15) is 0 Å². The highest BCUT2D eigenvalue weighted by atomic mass is 14.7. The lowest BCUT2D eigenvalue weighted by atomic mass is 9.95. The van der Waals surface area contributed by atoms with Crippen molar-refractivity contribution in [3.05, 3.63) is 36.1 Å². The fourth-order valence-corrected chi connectivity index (χ4v) is 2.29. The molecule has 2 nitrogen and oxygen atoms in total. The molecule has 85 valence electrons. The molecule has 2 heterocycles. The van der Waals surface area contributed by atoms with Gasteiger partial charge in [-0.15, -0.1) is 0 Å². The van der Waals surface area contributed by atoms with Crippen molar-refractivity contribution in [1.82, 2.24) is 9.97 Å². The Kier molecular flexibility index (Phi) is 3.28. The van der Waals surface area contributed by atoms with E-state index >= 15 is 0 Å². The van der Waals surface area contributed by atoms with Crippen molar-refractivity contribution in [2.75, 3.05) is 0 Å². The first kappa shape index (κ1) is 11.2. The highest BCUT2D eigenvalue weighted by Crippen LogP contribution is 2.20. The van der Waals surface area contributed by atoms with E-state index < -0.39 is 0 Å². The summed E-state index contributed by atoms with van der Waals surface area (Å²) in [5.74, 6) is 2.20. The third-order valence-corrected chi connectivity index (χ3v) is 2.80. The SMILES string of the molecule is C[C](C)CC(C)Cc1cc2cnccc2[nH]1. The summed E-state index contributed by atoms with van der Waals surface area (Å²) in [6, 6.07) is 4.24. The zero-order valence-electron chi connectivity index (χ0n) is 10.2. The van der Waals surface area contributed by atoms with E-state index in [2.05, 4.69) is 36.8 Å². The first-order valence-electron chi connectivity index (χ1n) is 5.86. The molecule has 1 unspecified atom stereocenters. The number of hydrogen-bond acceptors (Lipinski definition) is 1. The zero-order valence-corrected chi connectivity index (χ0v) is 10.2. The summed E-state index contributed by atoms with van der Waals surface area (Å²) >= 11 is 0. The first-order valence-corrected chi connectivity index (χ1v) is 5.86. The molecule has 0 aliphatic carbocycles. The Balaban J connectivity index is 2.09. The number of H-pyrrole nitrogens is 1. The largest absolute Gasteiger partial charge is 0.358 e. The average molecular weight is 215 g/mol. The van der Waals surface area contributed by atoms with Crippen molar-refractivity contribution < 1.29 is 0 Å². The van der Waals surface area contributed by atoms with Crippen molar-refractivity contribution in [3.8, 4) is 0 Å². The molecule has 0 aliphatic rings. The summed E-state index contributed by atoms with van der Waals surface area (Å²) in [5.41, 5.74) is 2.51. The fourth-order valence-electron chi connectivity index (χ4n) is 2.29. The molecule has 0 fully saturated rings. The van der Waals surface area contributed by atoms with E-state index in [0.29, 0.717) is 5.92 Å². The van der Waals surface area contributed by atoms with E-state index in [4.69, 9.17) is 0 Å². The van der Waals surface area contributed by atoms with Gasteiger partial charge in [0.25, 0.3) is 0 Å². The molecule has 1 atom stereocenters. The van der Waals surface area contributed by atoms with Gasteiger partial charge in [-0.3, -0.25) is 4.98 Å². The minimum absolute atomic E-state index is 0.700. The van der Waals surface area contributed by atoms with E-state index in [1.807, 2.05) is 18.5 Å². The molecule has 0 bridgehead atoms. The number of rotatable bonds is 4. The lowest BCUT2D eigenvalue weighted by molar-refractivity contribution is 0.538. The maximum absolute atomic E-state index is 4.13. The van der Waals surface area contributed by atoms with Gasteiger partial charge in [0.15, 0.2) is 0 Å². The first-order chi connectivity index (χ1) is 7.65. The van der Waals surface area contributed by atoms with Gasteiger partial charge in [0.05, 0.1) is 0 Å². The number of aromatic nitrogens is 2. The van der Waals surface area contributed by atoms with Gasteiger partial charge in [-0.05, 0) is 36.8 Å². The van der Waals surface area contributed by atoms with Crippen LogP contribution >= 0.6 is 0 Å². The van der Waals surface area contributed by atoms with Gasteiger partial charge in [-0.2, -0.15) is 0 Å². The summed E-state index contributed by atoms with van der Waals surface area (Å²) in [6.07, 6.45) is 6.06. The Labute approximate surface area is 97.1 Å². The minimum Gasteiger partial charge on any atom is -0.358 e. The van der Waals surface area contributed by atoms with Crippen molar-refractivity contribution in [2.45, 2.75) is 33.6 Å². The summed E-state index contributed by atoms with van der Waals surface area (Å²) in [7, 11) is 0. The number of hydrogen-bond donors (Lipinski definition) is 1. The Morgan fingerprint density at radius 3 is 2.94 bits per heavy atom. The van der Waals surface area contributed by atoms with Gasteiger partial charge in [-0.1, -0.05) is 20.8 Å². The molecule has 16 heavy (non-hydrogen) atoms. The molecule has 2 heteroatoms. The average Bonchev–Trinajstić information content (AvgIpc) is 2.57. The van der Waals surface area contributed by atoms with Crippen molar-refractivity contribution >= 4 is 10.9 Å². The Bertz CT molecular complexity index is 423. The number of aromatic amines is 1. The van der Waals surface area contributed by atoms with Crippen LogP contribution in [0.4, 0.5) is 0 Å². The Morgan fingerprint density at radius 1 is 1.44 bits per heavy atom. The molecule has 0 saturated heterocycles. The summed E-state index contributed by atoms with van der Waals surface area (Å²) in [4.78, 5) is 7.58.